The summed E-state index contributed by atoms with van der Waals surface area (Å²) in [5.41, 5.74) is 0. The first kappa shape index (κ1) is 16.9. The molecule has 2 unspecified atom stereocenters. The van der Waals surface area contributed by atoms with Gasteiger partial charge in [-0.3, -0.25) is 0 Å². The maximum atomic E-state index is 11.5. The Morgan fingerprint density at radius 2 is 2.05 bits per heavy atom. The summed E-state index contributed by atoms with van der Waals surface area (Å²) in [4.78, 5) is 0. The molecule has 0 aromatic carbocycles. The Balaban J connectivity index is 2.32. The summed E-state index contributed by atoms with van der Waals surface area (Å²) >= 11 is 0. The third-order valence-corrected chi connectivity index (χ3v) is 4.76. The van der Waals surface area contributed by atoms with E-state index in [0.29, 0.717) is 32.0 Å². The van der Waals surface area contributed by atoms with Crippen molar-refractivity contribution in [2.45, 2.75) is 39.2 Å². The van der Waals surface area contributed by atoms with Crippen LogP contribution in [0.5, 0.6) is 0 Å². The van der Waals surface area contributed by atoms with E-state index in [1.54, 1.807) is 0 Å². The van der Waals surface area contributed by atoms with Crippen molar-refractivity contribution < 1.29 is 13.5 Å². The average molecular weight is 292 g/mol. The van der Waals surface area contributed by atoms with Gasteiger partial charge < -0.3 is 10.4 Å². The fourth-order valence-corrected chi connectivity index (χ4v) is 3.47. The Morgan fingerprint density at radius 1 is 1.37 bits per heavy atom. The van der Waals surface area contributed by atoms with Crippen molar-refractivity contribution >= 4 is 10.0 Å². The normalized spacial score (nSPS) is 23.7. The Hall–Kier alpha value is -0.170. The largest absolute Gasteiger partial charge is 0.392 e. The zero-order valence-corrected chi connectivity index (χ0v) is 13.1. The van der Waals surface area contributed by atoms with Crippen LogP contribution in [0.2, 0.25) is 0 Å². The molecule has 2 atom stereocenters. The van der Waals surface area contributed by atoms with Gasteiger partial charge in [-0.1, -0.05) is 13.8 Å². The van der Waals surface area contributed by atoms with Crippen LogP contribution in [-0.4, -0.2) is 56.4 Å². The molecule has 0 radical (unpaired) electrons. The van der Waals surface area contributed by atoms with Crippen LogP contribution in [-0.2, 0) is 10.0 Å². The van der Waals surface area contributed by atoms with Crippen LogP contribution in [0, 0.1) is 11.8 Å². The fraction of sp³-hybridized carbons (Fsp3) is 1.00. The summed E-state index contributed by atoms with van der Waals surface area (Å²) in [7, 11) is -3.09. The third kappa shape index (κ3) is 6.70. The molecule has 5 nitrogen and oxygen atoms in total. The van der Waals surface area contributed by atoms with Crippen LogP contribution in [0.25, 0.3) is 0 Å². The SMILES string of the molecule is CC(C)CNCC(O)CC1CCCN(S(C)(=O)=O)C1. The first-order chi connectivity index (χ1) is 8.79. The van der Waals surface area contributed by atoms with Crippen molar-refractivity contribution in [1.82, 2.24) is 9.62 Å². The molecule has 0 aromatic heterocycles. The number of nitrogens with zero attached hydrogens (tertiary/aromatic N) is 1. The lowest BCUT2D eigenvalue weighted by molar-refractivity contribution is 0.120. The number of rotatable bonds is 7. The minimum atomic E-state index is -3.09. The molecular formula is C13H28N2O3S. The first-order valence-electron chi connectivity index (χ1n) is 7.13. The molecule has 1 aliphatic rings. The average Bonchev–Trinajstić information content (AvgIpc) is 2.27. The van der Waals surface area contributed by atoms with Gasteiger partial charge in [0.2, 0.25) is 10.0 Å². The molecule has 19 heavy (non-hydrogen) atoms. The molecule has 0 aliphatic carbocycles. The van der Waals surface area contributed by atoms with E-state index in [1.807, 2.05) is 0 Å². The lowest BCUT2D eigenvalue weighted by Gasteiger charge is -2.32. The van der Waals surface area contributed by atoms with E-state index in [-0.39, 0.29) is 12.0 Å². The zero-order chi connectivity index (χ0) is 14.5. The van der Waals surface area contributed by atoms with E-state index in [9.17, 15) is 13.5 Å². The van der Waals surface area contributed by atoms with Gasteiger partial charge in [-0.25, -0.2) is 12.7 Å². The van der Waals surface area contributed by atoms with Gasteiger partial charge in [0.05, 0.1) is 12.4 Å². The molecule has 0 aromatic rings. The molecule has 2 N–H and O–H groups in total. The van der Waals surface area contributed by atoms with Crippen LogP contribution in [0.1, 0.15) is 33.1 Å². The molecule has 0 bridgehead atoms. The smallest absolute Gasteiger partial charge is 0.211 e. The van der Waals surface area contributed by atoms with Gasteiger partial charge in [-0.05, 0) is 37.6 Å². The van der Waals surface area contributed by atoms with E-state index in [1.165, 1.54) is 10.6 Å². The van der Waals surface area contributed by atoms with Crippen molar-refractivity contribution in [3.05, 3.63) is 0 Å². The van der Waals surface area contributed by atoms with Gasteiger partial charge in [-0.2, -0.15) is 0 Å². The lowest BCUT2D eigenvalue weighted by atomic mass is 9.93. The van der Waals surface area contributed by atoms with Crippen LogP contribution in [0.3, 0.4) is 0 Å². The third-order valence-electron chi connectivity index (χ3n) is 3.49. The Morgan fingerprint density at radius 3 is 2.63 bits per heavy atom. The van der Waals surface area contributed by atoms with E-state index < -0.39 is 10.0 Å². The number of piperidine rings is 1. The van der Waals surface area contributed by atoms with Crippen LogP contribution in [0.4, 0.5) is 0 Å². The van der Waals surface area contributed by atoms with Crippen LogP contribution in [0.15, 0.2) is 0 Å². The summed E-state index contributed by atoms with van der Waals surface area (Å²) in [5.74, 6) is 0.849. The first-order valence-corrected chi connectivity index (χ1v) is 8.97. The van der Waals surface area contributed by atoms with E-state index in [2.05, 4.69) is 19.2 Å². The Kier molecular flexibility index (Phi) is 6.73. The summed E-state index contributed by atoms with van der Waals surface area (Å²) in [6.45, 7) is 6.93. The summed E-state index contributed by atoms with van der Waals surface area (Å²) in [6.07, 6.45) is 3.45. The van der Waals surface area contributed by atoms with Crippen molar-refractivity contribution in [3.63, 3.8) is 0 Å². The molecule has 114 valence electrons. The summed E-state index contributed by atoms with van der Waals surface area (Å²) in [5, 5.41) is 13.2. The van der Waals surface area contributed by atoms with Gasteiger partial charge >= 0.3 is 0 Å². The minimum absolute atomic E-state index is 0.277. The van der Waals surface area contributed by atoms with Gasteiger partial charge in [0, 0.05) is 19.6 Å². The maximum Gasteiger partial charge on any atom is 0.211 e. The number of nitrogens with one attached hydrogen (secondary N) is 1. The highest BCUT2D eigenvalue weighted by molar-refractivity contribution is 7.88. The van der Waals surface area contributed by atoms with Gasteiger partial charge in [-0.15, -0.1) is 0 Å². The van der Waals surface area contributed by atoms with Gasteiger partial charge in [0.15, 0.2) is 0 Å². The number of aliphatic hydroxyl groups is 1. The number of sulfonamides is 1. The van der Waals surface area contributed by atoms with Crippen LogP contribution < -0.4 is 5.32 Å². The molecule has 1 rings (SSSR count). The molecule has 1 aliphatic heterocycles. The maximum absolute atomic E-state index is 11.5. The lowest BCUT2D eigenvalue weighted by Crippen LogP contribution is -2.41. The highest BCUT2D eigenvalue weighted by Crippen LogP contribution is 2.22. The second-order valence-corrected chi connectivity index (χ2v) is 8.05. The second kappa shape index (κ2) is 7.57. The summed E-state index contributed by atoms with van der Waals surface area (Å²) in [6, 6.07) is 0. The molecular weight excluding hydrogens is 264 g/mol. The molecule has 1 heterocycles. The van der Waals surface area contributed by atoms with Crippen LogP contribution >= 0.6 is 0 Å². The molecule has 0 saturated carbocycles. The zero-order valence-electron chi connectivity index (χ0n) is 12.3. The topological polar surface area (TPSA) is 69.6 Å². The highest BCUT2D eigenvalue weighted by Gasteiger charge is 2.27. The fourth-order valence-electron chi connectivity index (χ4n) is 2.53. The number of hydrogen-bond acceptors (Lipinski definition) is 4. The minimum Gasteiger partial charge on any atom is -0.392 e. The standard InChI is InChI=1S/C13H28N2O3S/c1-11(2)8-14-9-13(16)7-12-5-4-6-15(10-12)19(3,17)18/h11-14,16H,4-10H2,1-3H3. The second-order valence-electron chi connectivity index (χ2n) is 6.07. The van der Waals surface area contributed by atoms with Crippen molar-refractivity contribution in [2.24, 2.45) is 11.8 Å². The molecule has 1 fully saturated rings. The summed E-state index contributed by atoms with van der Waals surface area (Å²) < 4.78 is 24.6. The monoisotopic (exact) mass is 292 g/mol. The molecule has 1 saturated heterocycles. The van der Waals surface area contributed by atoms with Crippen molar-refractivity contribution in [3.8, 4) is 0 Å². The highest BCUT2D eigenvalue weighted by atomic mass is 32.2. The van der Waals surface area contributed by atoms with E-state index in [0.717, 1.165) is 19.4 Å². The number of aliphatic hydroxyl groups excluding tert-OH is 1. The predicted molar refractivity (Wildman–Crippen MR) is 77.5 cm³/mol. The molecule has 0 spiro atoms. The van der Waals surface area contributed by atoms with Gasteiger partial charge in [0.1, 0.15) is 0 Å². The molecule has 0 amide bonds. The predicted octanol–water partition coefficient (Wildman–Crippen LogP) is 0.655. The molecule has 6 heteroatoms. The Labute approximate surface area is 117 Å². The Bertz CT molecular complexity index is 357. The van der Waals surface area contributed by atoms with E-state index in [4.69, 9.17) is 0 Å². The van der Waals surface area contributed by atoms with Gasteiger partial charge in [0.25, 0.3) is 0 Å². The van der Waals surface area contributed by atoms with Crippen molar-refractivity contribution in [1.29, 1.82) is 0 Å². The van der Waals surface area contributed by atoms with Crippen molar-refractivity contribution in [2.75, 3.05) is 32.4 Å². The van der Waals surface area contributed by atoms with E-state index >= 15 is 0 Å². The quantitative estimate of drug-likeness (QED) is 0.723. The number of hydrogen-bond donors (Lipinski definition) is 2.